The Labute approximate surface area is 190 Å². The number of thiophene rings is 1. The van der Waals surface area contributed by atoms with Crippen LogP contribution in [0.25, 0.3) is 0 Å². The van der Waals surface area contributed by atoms with Crippen molar-refractivity contribution in [2.75, 3.05) is 11.3 Å². The number of amides is 1. The summed E-state index contributed by atoms with van der Waals surface area (Å²) in [6.07, 6.45) is 0. The number of nitrogens with one attached hydrogen (secondary N) is 1. The minimum Gasteiger partial charge on any atom is -0.334 e. The minimum atomic E-state index is -3.82. The molecule has 0 saturated carbocycles. The molecule has 1 amide bonds. The number of benzene rings is 2. The average Bonchev–Trinajstić information content (AvgIpc) is 3.16. The van der Waals surface area contributed by atoms with E-state index in [-0.39, 0.29) is 16.6 Å². The van der Waals surface area contributed by atoms with Crippen LogP contribution >= 0.6 is 22.9 Å². The lowest BCUT2D eigenvalue weighted by atomic mass is 10.2. The number of carbonyl (C=O) groups excluding carboxylic acids is 2. The van der Waals surface area contributed by atoms with Crippen molar-refractivity contribution >= 4 is 50.3 Å². The molecule has 0 saturated heterocycles. The minimum absolute atomic E-state index is 0.0458. The first-order valence-corrected chi connectivity index (χ1v) is 12.1. The van der Waals surface area contributed by atoms with Crippen molar-refractivity contribution < 1.29 is 18.0 Å². The number of carbonyl (C=O) groups is 2. The van der Waals surface area contributed by atoms with Crippen LogP contribution in [0.2, 0.25) is 4.34 Å². The molecule has 0 aliphatic carbocycles. The van der Waals surface area contributed by atoms with Gasteiger partial charge < -0.3 is 4.90 Å². The lowest BCUT2D eigenvalue weighted by Gasteiger charge is -2.20. The van der Waals surface area contributed by atoms with Crippen molar-refractivity contribution in [2.24, 2.45) is 0 Å². The van der Waals surface area contributed by atoms with E-state index in [2.05, 4.69) is 4.72 Å². The number of hydrogen-bond donors (Lipinski definition) is 1. The van der Waals surface area contributed by atoms with E-state index in [9.17, 15) is 18.0 Å². The van der Waals surface area contributed by atoms with E-state index in [0.717, 1.165) is 4.88 Å². The first kappa shape index (κ1) is 23.0. The Morgan fingerprint density at radius 3 is 2.10 bits per heavy atom. The fraction of sp³-hybridized carbons (Fsp3) is 0.182. The van der Waals surface area contributed by atoms with E-state index in [1.54, 1.807) is 35.2 Å². The number of nitrogens with zero attached hydrogens (tertiary/aromatic N) is 1. The zero-order valence-electron chi connectivity index (χ0n) is 17.0. The molecule has 0 bridgehead atoms. The van der Waals surface area contributed by atoms with Gasteiger partial charge in [0.2, 0.25) is 0 Å². The van der Waals surface area contributed by atoms with Crippen LogP contribution in [0.1, 0.15) is 39.4 Å². The maximum absolute atomic E-state index is 12.8. The molecule has 0 fully saturated rings. The van der Waals surface area contributed by atoms with Crippen LogP contribution in [-0.4, -0.2) is 31.6 Å². The molecular formula is C22H21ClN2O4S2. The highest BCUT2D eigenvalue weighted by atomic mass is 35.5. The van der Waals surface area contributed by atoms with Crippen molar-refractivity contribution in [1.82, 2.24) is 4.90 Å². The van der Waals surface area contributed by atoms with Crippen molar-refractivity contribution in [3.63, 3.8) is 0 Å². The summed E-state index contributed by atoms with van der Waals surface area (Å²) in [6, 6.07) is 15.7. The number of anilines is 1. The molecule has 1 heterocycles. The van der Waals surface area contributed by atoms with Crippen LogP contribution in [-0.2, 0) is 16.6 Å². The lowest BCUT2D eigenvalue weighted by molar-refractivity contribution is 0.0754. The standard InChI is InChI=1S/C22H21ClN2O4S2/c1-3-25(14-19-10-13-21(23)30-19)22(27)17-4-8-18(9-5-17)24-31(28,29)20-11-6-16(7-12-20)15(2)26/h4-13,24H,3,14H2,1-2H3. The number of rotatable bonds is 8. The topological polar surface area (TPSA) is 83.6 Å². The Hall–Kier alpha value is -2.68. The Kier molecular flexibility index (Phi) is 7.15. The summed E-state index contributed by atoms with van der Waals surface area (Å²) < 4.78 is 28.3. The molecule has 162 valence electrons. The summed E-state index contributed by atoms with van der Waals surface area (Å²) in [5, 5.41) is 0. The first-order chi connectivity index (χ1) is 14.7. The van der Waals surface area contributed by atoms with Gasteiger partial charge in [-0.2, -0.15) is 0 Å². The van der Waals surface area contributed by atoms with Crippen LogP contribution in [0.5, 0.6) is 0 Å². The molecule has 0 aliphatic heterocycles. The molecule has 31 heavy (non-hydrogen) atoms. The second-order valence-corrected chi connectivity index (χ2v) is 10.3. The first-order valence-electron chi connectivity index (χ1n) is 9.47. The van der Waals surface area contributed by atoms with Gasteiger partial charge in [0.05, 0.1) is 15.8 Å². The van der Waals surface area contributed by atoms with Crippen molar-refractivity contribution in [2.45, 2.75) is 25.3 Å². The maximum Gasteiger partial charge on any atom is 0.261 e. The van der Waals surface area contributed by atoms with Crippen LogP contribution in [0, 0.1) is 0 Å². The summed E-state index contributed by atoms with van der Waals surface area (Å²) in [5.74, 6) is -0.290. The van der Waals surface area contributed by atoms with Gasteiger partial charge in [-0.05, 0) is 62.4 Å². The summed E-state index contributed by atoms with van der Waals surface area (Å²) >= 11 is 7.39. The van der Waals surface area contributed by atoms with Gasteiger partial charge in [-0.1, -0.05) is 23.7 Å². The molecule has 2 aromatic carbocycles. The normalized spacial score (nSPS) is 11.2. The Bertz CT molecular complexity index is 1190. The third-order valence-electron chi connectivity index (χ3n) is 4.60. The number of Topliss-reactive ketones (excluding diaryl/α,β-unsaturated/α-hetero) is 1. The summed E-state index contributed by atoms with van der Waals surface area (Å²) in [6.45, 7) is 4.29. The number of halogens is 1. The highest BCUT2D eigenvalue weighted by Gasteiger charge is 2.17. The number of ketones is 1. The quantitative estimate of drug-likeness (QED) is 0.460. The van der Waals surface area contributed by atoms with Gasteiger partial charge >= 0.3 is 0 Å². The predicted molar refractivity (Wildman–Crippen MR) is 123 cm³/mol. The Morgan fingerprint density at radius 1 is 0.968 bits per heavy atom. The van der Waals surface area contributed by atoms with E-state index >= 15 is 0 Å². The highest BCUT2D eigenvalue weighted by Crippen LogP contribution is 2.24. The molecule has 0 atom stereocenters. The summed E-state index contributed by atoms with van der Waals surface area (Å²) in [7, 11) is -3.82. The second kappa shape index (κ2) is 9.64. The van der Waals surface area contributed by atoms with Gasteiger partial charge in [-0.25, -0.2) is 8.42 Å². The third kappa shape index (κ3) is 5.72. The molecule has 6 nitrogen and oxygen atoms in total. The van der Waals surface area contributed by atoms with Crippen LogP contribution in [0.4, 0.5) is 5.69 Å². The molecule has 9 heteroatoms. The molecule has 1 N–H and O–H groups in total. The van der Waals surface area contributed by atoms with E-state index < -0.39 is 10.0 Å². The van der Waals surface area contributed by atoms with Crippen molar-refractivity contribution in [3.8, 4) is 0 Å². The number of sulfonamides is 1. The maximum atomic E-state index is 12.8. The van der Waals surface area contributed by atoms with E-state index in [1.807, 2.05) is 13.0 Å². The third-order valence-corrected chi connectivity index (χ3v) is 7.21. The largest absolute Gasteiger partial charge is 0.334 e. The lowest BCUT2D eigenvalue weighted by Crippen LogP contribution is -2.29. The zero-order chi connectivity index (χ0) is 22.6. The monoisotopic (exact) mass is 476 g/mol. The highest BCUT2D eigenvalue weighted by molar-refractivity contribution is 7.92. The molecule has 3 rings (SSSR count). The zero-order valence-corrected chi connectivity index (χ0v) is 19.4. The average molecular weight is 477 g/mol. The fourth-order valence-electron chi connectivity index (χ4n) is 2.90. The SMILES string of the molecule is CCN(Cc1ccc(Cl)s1)C(=O)c1ccc(NS(=O)(=O)c2ccc(C(C)=O)cc2)cc1. The van der Waals surface area contributed by atoms with E-state index in [0.29, 0.717) is 34.2 Å². The van der Waals surface area contributed by atoms with Crippen molar-refractivity contribution in [3.05, 3.63) is 81.0 Å². The molecule has 0 spiro atoms. The molecule has 0 radical (unpaired) electrons. The molecule has 3 aromatic rings. The number of hydrogen-bond acceptors (Lipinski definition) is 5. The van der Waals surface area contributed by atoms with Crippen LogP contribution in [0.15, 0.2) is 65.6 Å². The van der Waals surface area contributed by atoms with E-state index in [1.165, 1.54) is 42.5 Å². The van der Waals surface area contributed by atoms with Gasteiger partial charge in [0.15, 0.2) is 5.78 Å². The fourth-order valence-corrected chi connectivity index (χ4v) is 5.06. The van der Waals surface area contributed by atoms with Crippen LogP contribution < -0.4 is 4.72 Å². The van der Waals surface area contributed by atoms with Crippen LogP contribution in [0.3, 0.4) is 0 Å². The van der Waals surface area contributed by atoms with Crippen molar-refractivity contribution in [1.29, 1.82) is 0 Å². The van der Waals surface area contributed by atoms with Gasteiger partial charge in [0, 0.05) is 28.2 Å². The molecule has 0 aliphatic rings. The Balaban J connectivity index is 1.71. The summed E-state index contributed by atoms with van der Waals surface area (Å²) in [4.78, 5) is 26.9. The van der Waals surface area contributed by atoms with Gasteiger partial charge in [-0.3, -0.25) is 14.3 Å². The second-order valence-electron chi connectivity index (χ2n) is 6.79. The smallest absolute Gasteiger partial charge is 0.261 e. The molecule has 1 aromatic heterocycles. The summed E-state index contributed by atoms with van der Waals surface area (Å²) in [5.41, 5.74) is 1.23. The van der Waals surface area contributed by atoms with Gasteiger partial charge in [0.25, 0.3) is 15.9 Å². The molecule has 0 unspecified atom stereocenters. The van der Waals surface area contributed by atoms with E-state index in [4.69, 9.17) is 11.6 Å². The Morgan fingerprint density at radius 2 is 1.58 bits per heavy atom. The molecular weight excluding hydrogens is 456 g/mol. The van der Waals surface area contributed by atoms with Gasteiger partial charge in [-0.15, -0.1) is 11.3 Å². The predicted octanol–water partition coefficient (Wildman–Crippen LogP) is 5.07. The van der Waals surface area contributed by atoms with Gasteiger partial charge in [0.1, 0.15) is 0 Å².